The zero-order chi connectivity index (χ0) is 19.7. The maximum Gasteiger partial charge on any atom is -1.00 e. The molecule has 2 aromatic rings. The van der Waals surface area contributed by atoms with E-state index >= 15 is 0 Å². The molecule has 0 heterocycles. The number of rotatable bonds is 6. The van der Waals surface area contributed by atoms with Crippen molar-refractivity contribution in [1.29, 1.82) is 0 Å². The Morgan fingerprint density at radius 3 is 1.77 bits per heavy atom. The molecule has 0 aromatic heterocycles. The van der Waals surface area contributed by atoms with Gasteiger partial charge >= 0.3 is 179 Å². The second-order valence-corrected chi connectivity index (χ2v) is 19.0. The van der Waals surface area contributed by atoms with E-state index in [1.807, 2.05) is 6.58 Å². The molecule has 0 spiro atoms. The van der Waals surface area contributed by atoms with E-state index in [1.165, 1.54) is 30.4 Å². The van der Waals surface area contributed by atoms with Gasteiger partial charge in [-0.05, 0) is 0 Å². The summed E-state index contributed by atoms with van der Waals surface area (Å²) in [5.74, 6) is 1.49. The molecular weight excluding hydrogens is 574 g/mol. The predicted molar refractivity (Wildman–Crippen MR) is 119 cm³/mol. The van der Waals surface area contributed by atoms with Crippen LogP contribution in [0.5, 0.6) is 0 Å². The fourth-order valence-corrected chi connectivity index (χ4v) is 20.2. The van der Waals surface area contributed by atoms with Crippen molar-refractivity contribution in [3.8, 4) is 11.1 Å². The third-order valence-electron chi connectivity index (χ3n) is 5.93. The zero-order valence-electron chi connectivity index (χ0n) is 18.5. The quantitative estimate of drug-likeness (QED) is 0.438. The Morgan fingerprint density at radius 2 is 1.33 bits per heavy atom. The molecule has 2 aromatic carbocycles. The van der Waals surface area contributed by atoms with Crippen LogP contribution in [-0.4, -0.2) is 3.26 Å². The van der Waals surface area contributed by atoms with Crippen LogP contribution >= 0.6 is 0 Å². The summed E-state index contributed by atoms with van der Waals surface area (Å²) in [7, 11) is 0. The van der Waals surface area contributed by atoms with Gasteiger partial charge in [-0.2, -0.15) is 0 Å². The molecule has 0 saturated heterocycles. The van der Waals surface area contributed by atoms with E-state index in [-0.39, 0.29) is 24.8 Å². The first-order valence-electron chi connectivity index (χ1n) is 10.8. The molecule has 0 atom stereocenters. The van der Waals surface area contributed by atoms with Crippen LogP contribution in [0.4, 0.5) is 0 Å². The molecule has 0 saturated carbocycles. The van der Waals surface area contributed by atoms with Gasteiger partial charge in [-0.3, -0.25) is 0 Å². The van der Waals surface area contributed by atoms with Crippen molar-refractivity contribution >= 4 is 3.26 Å². The van der Waals surface area contributed by atoms with Gasteiger partial charge in [0.2, 0.25) is 0 Å². The Morgan fingerprint density at radius 1 is 0.833 bits per heavy atom. The average Bonchev–Trinajstić information content (AvgIpc) is 3.29. The molecule has 158 valence electrons. The fraction of sp³-hybridized carbons (Fsp3) is 0.370. The van der Waals surface area contributed by atoms with Crippen molar-refractivity contribution in [2.24, 2.45) is 11.8 Å². The van der Waals surface area contributed by atoms with Crippen molar-refractivity contribution in [2.75, 3.05) is 0 Å². The molecule has 0 nitrogen and oxygen atoms in total. The van der Waals surface area contributed by atoms with E-state index < -0.39 is 21.0 Å². The molecule has 0 fully saturated rings. The number of halogens is 2. The molecule has 0 radical (unpaired) electrons. The van der Waals surface area contributed by atoms with Gasteiger partial charge in [0.15, 0.2) is 0 Å². The molecule has 3 heteroatoms. The summed E-state index contributed by atoms with van der Waals surface area (Å²) in [5, 5.41) is 0. The standard InChI is InChI=1S/C13H9.C9H18.C5H5.2ClH.Hf/c1-3-7-12-10(5-1)9-11-6-2-4-8-13(11)12;1-8(2)6-5-7-9(3)4;1-2-4-5-3-1;;;/h1-9H;8-9H,6-7H2,1-4H3;1-3H,4H2;2*1H;/q;;;;;+2/p-2. The van der Waals surface area contributed by atoms with Gasteiger partial charge in [0, 0.05) is 0 Å². The minimum atomic E-state index is -2.30. The van der Waals surface area contributed by atoms with Crippen LogP contribution in [0, 0.1) is 11.8 Å². The Kier molecular flexibility index (Phi) is 9.53. The van der Waals surface area contributed by atoms with Crippen LogP contribution in [0.2, 0.25) is 0 Å². The number of allylic oxidation sites excluding steroid dienone is 4. The Balaban J connectivity index is 0.00000160. The second kappa shape index (κ2) is 11.2. The molecule has 0 N–H and O–H groups in total. The predicted octanol–water partition coefficient (Wildman–Crippen LogP) is 1.49. The molecule has 0 amide bonds. The smallest absolute Gasteiger partial charge is 1.00 e. The molecule has 30 heavy (non-hydrogen) atoms. The van der Waals surface area contributed by atoms with Gasteiger partial charge in [0.05, 0.1) is 0 Å². The molecule has 2 aliphatic carbocycles. The molecular formula is C27H32Cl2Hf. The summed E-state index contributed by atoms with van der Waals surface area (Å²) in [4.78, 5) is 0. The summed E-state index contributed by atoms with van der Waals surface area (Å²) in [6, 6.07) is 18.5. The fourth-order valence-electron chi connectivity index (χ4n) is 5.02. The summed E-state index contributed by atoms with van der Waals surface area (Å²) < 4.78 is 4.44. The van der Waals surface area contributed by atoms with E-state index in [2.05, 4.69) is 94.5 Å². The molecule has 4 rings (SSSR count). The summed E-state index contributed by atoms with van der Waals surface area (Å²) in [6.07, 6.45) is 11.0. The van der Waals surface area contributed by atoms with Gasteiger partial charge in [-0.15, -0.1) is 0 Å². The van der Waals surface area contributed by atoms with Gasteiger partial charge in [-0.1, -0.05) is 0 Å². The first-order valence-corrected chi connectivity index (χ1v) is 16.5. The molecule has 0 aliphatic heterocycles. The van der Waals surface area contributed by atoms with Crippen molar-refractivity contribution in [2.45, 2.75) is 50.6 Å². The van der Waals surface area contributed by atoms with Crippen LogP contribution in [0.3, 0.4) is 0 Å². The van der Waals surface area contributed by atoms with E-state index in [0.717, 1.165) is 11.8 Å². The van der Waals surface area contributed by atoms with Crippen molar-refractivity contribution in [3.05, 3.63) is 81.2 Å². The Bertz CT molecular complexity index is 909. The van der Waals surface area contributed by atoms with Crippen LogP contribution in [0.1, 0.15) is 61.8 Å². The van der Waals surface area contributed by atoms with E-state index in [4.69, 9.17) is 0 Å². The minimum absolute atomic E-state index is 0. The number of hydrogen-bond acceptors (Lipinski definition) is 0. The summed E-state index contributed by atoms with van der Waals surface area (Å²) in [6.45, 7) is 9.62. The number of benzene rings is 2. The van der Waals surface area contributed by atoms with Crippen LogP contribution in [0.15, 0.2) is 70.1 Å². The maximum atomic E-state index is 2.49. The van der Waals surface area contributed by atoms with Crippen molar-refractivity contribution in [3.63, 3.8) is 0 Å². The van der Waals surface area contributed by atoms with E-state index in [9.17, 15) is 0 Å². The molecule has 0 bridgehead atoms. The van der Waals surface area contributed by atoms with Gasteiger partial charge in [-0.25, -0.2) is 0 Å². The van der Waals surface area contributed by atoms with Crippen LogP contribution < -0.4 is 24.8 Å². The average molecular weight is 606 g/mol. The first-order chi connectivity index (χ1) is 13.6. The van der Waals surface area contributed by atoms with Crippen molar-refractivity contribution < 1.29 is 45.8 Å². The topological polar surface area (TPSA) is 0 Å². The third kappa shape index (κ3) is 5.17. The van der Waals surface area contributed by atoms with Crippen LogP contribution in [-0.2, 0) is 21.0 Å². The number of fused-ring (bicyclic) bond motifs is 3. The van der Waals surface area contributed by atoms with Gasteiger partial charge in [0.1, 0.15) is 0 Å². The maximum absolute atomic E-state index is 2.49. The normalized spacial score (nSPS) is 13.8. The summed E-state index contributed by atoms with van der Waals surface area (Å²) >= 11 is -2.30. The van der Waals surface area contributed by atoms with E-state index in [0.29, 0.717) is 3.67 Å². The van der Waals surface area contributed by atoms with Gasteiger partial charge in [0.25, 0.3) is 0 Å². The first kappa shape index (κ1) is 25.5. The SMILES string of the molecule is CC(C)C[C](CC(C)C)=[Hf+2]([C]1=CC=CC1)[CH]1c2ccccc2-c2ccccc21.[Cl-].[Cl-]. The monoisotopic (exact) mass is 606 g/mol. The van der Waals surface area contributed by atoms with Crippen LogP contribution in [0.25, 0.3) is 11.1 Å². The largest absolute Gasteiger partial charge is 1.00 e. The van der Waals surface area contributed by atoms with E-state index in [1.54, 1.807) is 11.1 Å². The molecule has 0 unspecified atom stereocenters. The second-order valence-electron chi connectivity index (χ2n) is 9.14. The summed E-state index contributed by atoms with van der Waals surface area (Å²) in [5.41, 5.74) is 6.21. The zero-order valence-corrected chi connectivity index (χ0v) is 23.6. The number of hydrogen-bond donors (Lipinski definition) is 0. The van der Waals surface area contributed by atoms with Gasteiger partial charge < -0.3 is 24.8 Å². The minimum Gasteiger partial charge on any atom is -1.00 e. The third-order valence-corrected chi connectivity index (χ3v) is 18.3. The Labute approximate surface area is 202 Å². The van der Waals surface area contributed by atoms with Crippen molar-refractivity contribution in [1.82, 2.24) is 0 Å². The Hall–Kier alpha value is -0.760. The molecule has 2 aliphatic rings.